The van der Waals surface area contributed by atoms with E-state index in [1.54, 1.807) is 0 Å². The first kappa shape index (κ1) is 18.7. The van der Waals surface area contributed by atoms with Crippen molar-refractivity contribution in [3.63, 3.8) is 0 Å². The maximum absolute atomic E-state index is 12.6. The Balaban J connectivity index is 1.94. The number of hydrogen-bond donors (Lipinski definition) is 1. The minimum absolute atomic E-state index is 0.0353. The van der Waals surface area contributed by atoms with Crippen LogP contribution in [-0.2, 0) is 23.1 Å². The van der Waals surface area contributed by atoms with Crippen LogP contribution in [0.1, 0.15) is 12.7 Å². The van der Waals surface area contributed by atoms with Crippen molar-refractivity contribution in [2.75, 3.05) is 0 Å². The fourth-order valence-corrected chi connectivity index (χ4v) is 5.54. The molecule has 5 nitrogen and oxygen atoms in total. The van der Waals surface area contributed by atoms with Gasteiger partial charge in [-0.1, -0.05) is 51.3 Å². The maximum atomic E-state index is 12.6. The summed E-state index contributed by atoms with van der Waals surface area (Å²) in [5, 5.41) is 0.103. The van der Waals surface area contributed by atoms with Crippen LogP contribution in [0.3, 0.4) is 0 Å². The SMILES string of the molecule is CCn1c(CNS(=O)(=O)c2c(Cl)cc(Br)cc2Cl)nc2ccccc21. The molecule has 0 radical (unpaired) electrons. The summed E-state index contributed by atoms with van der Waals surface area (Å²) in [6, 6.07) is 10.6. The molecule has 0 unspecified atom stereocenters. The molecule has 3 aromatic rings. The Kier molecular flexibility index (Phi) is 5.41. The average molecular weight is 463 g/mol. The number of nitrogens with zero attached hydrogens (tertiary/aromatic N) is 2. The molecule has 0 aliphatic heterocycles. The van der Waals surface area contributed by atoms with Crippen LogP contribution in [0.5, 0.6) is 0 Å². The molecule has 9 heteroatoms. The number of nitrogens with one attached hydrogen (secondary N) is 1. The molecule has 0 aliphatic rings. The van der Waals surface area contributed by atoms with Crippen molar-refractivity contribution in [1.82, 2.24) is 14.3 Å². The maximum Gasteiger partial charge on any atom is 0.243 e. The largest absolute Gasteiger partial charge is 0.327 e. The van der Waals surface area contributed by atoms with E-state index in [2.05, 4.69) is 25.6 Å². The first-order chi connectivity index (χ1) is 11.8. The van der Waals surface area contributed by atoms with Gasteiger partial charge in [0.2, 0.25) is 10.0 Å². The zero-order valence-corrected chi connectivity index (χ0v) is 17.0. The van der Waals surface area contributed by atoms with E-state index >= 15 is 0 Å². The molecule has 1 heterocycles. The van der Waals surface area contributed by atoms with Crippen molar-refractivity contribution in [3.8, 4) is 0 Å². The van der Waals surface area contributed by atoms with E-state index in [-0.39, 0.29) is 21.5 Å². The molecule has 25 heavy (non-hydrogen) atoms. The molecule has 0 aliphatic carbocycles. The van der Waals surface area contributed by atoms with Gasteiger partial charge in [0.05, 0.1) is 27.6 Å². The number of aromatic nitrogens is 2. The topological polar surface area (TPSA) is 64.0 Å². The fourth-order valence-electron chi connectivity index (χ4n) is 2.63. The van der Waals surface area contributed by atoms with Crippen molar-refractivity contribution in [2.24, 2.45) is 0 Å². The van der Waals surface area contributed by atoms with Crippen LogP contribution in [-0.4, -0.2) is 18.0 Å². The molecule has 2 aromatic carbocycles. The van der Waals surface area contributed by atoms with Crippen molar-refractivity contribution < 1.29 is 8.42 Å². The van der Waals surface area contributed by atoms with Gasteiger partial charge in [-0.2, -0.15) is 0 Å². The summed E-state index contributed by atoms with van der Waals surface area (Å²) in [4.78, 5) is 4.36. The third-order valence-electron chi connectivity index (χ3n) is 3.70. The summed E-state index contributed by atoms with van der Waals surface area (Å²) >= 11 is 15.4. The van der Waals surface area contributed by atoms with Gasteiger partial charge in [0.25, 0.3) is 0 Å². The van der Waals surface area contributed by atoms with E-state index in [1.807, 2.05) is 35.8 Å². The second kappa shape index (κ2) is 7.25. The molecule has 3 rings (SSSR count). The first-order valence-electron chi connectivity index (χ1n) is 7.42. The second-order valence-corrected chi connectivity index (χ2v) is 8.72. The Labute approximate surface area is 164 Å². The molecule has 0 saturated heterocycles. The lowest BCUT2D eigenvalue weighted by Gasteiger charge is -2.11. The molecule has 0 fully saturated rings. The van der Waals surface area contributed by atoms with Gasteiger partial charge >= 0.3 is 0 Å². The van der Waals surface area contributed by atoms with Gasteiger partial charge < -0.3 is 4.57 Å². The summed E-state index contributed by atoms with van der Waals surface area (Å²) in [6.07, 6.45) is 0. The van der Waals surface area contributed by atoms with E-state index in [4.69, 9.17) is 23.2 Å². The number of aryl methyl sites for hydroxylation is 1. The number of hydrogen-bond acceptors (Lipinski definition) is 3. The minimum atomic E-state index is -3.89. The number of sulfonamides is 1. The van der Waals surface area contributed by atoms with Gasteiger partial charge in [-0.3, -0.25) is 0 Å². The monoisotopic (exact) mass is 461 g/mol. The predicted molar refractivity (Wildman–Crippen MR) is 104 cm³/mol. The summed E-state index contributed by atoms with van der Waals surface area (Å²) < 4.78 is 30.4. The quantitative estimate of drug-likeness (QED) is 0.602. The highest BCUT2D eigenvalue weighted by molar-refractivity contribution is 9.10. The molecular weight excluding hydrogens is 449 g/mol. The van der Waals surface area contributed by atoms with Crippen LogP contribution in [0.2, 0.25) is 10.0 Å². The predicted octanol–water partition coefficient (Wildman–Crippen LogP) is 4.60. The van der Waals surface area contributed by atoms with Gasteiger partial charge in [-0.25, -0.2) is 18.1 Å². The number of rotatable bonds is 5. The van der Waals surface area contributed by atoms with Gasteiger partial charge in [0.1, 0.15) is 10.7 Å². The molecule has 0 atom stereocenters. The van der Waals surface area contributed by atoms with Crippen molar-refractivity contribution in [1.29, 1.82) is 0 Å². The lowest BCUT2D eigenvalue weighted by Crippen LogP contribution is -2.25. The Morgan fingerprint density at radius 1 is 1.20 bits per heavy atom. The molecule has 0 spiro atoms. The highest BCUT2D eigenvalue weighted by Gasteiger charge is 2.23. The molecule has 1 N–H and O–H groups in total. The Hall–Kier alpha value is -1.12. The summed E-state index contributed by atoms with van der Waals surface area (Å²) in [5.41, 5.74) is 1.78. The minimum Gasteiger partial charge on any atom is -0.327 e. The third kappa shape index (κ3) is 3.71. The molecule has 0 bridgehead atoms. The first-order valence-corrected chi connectivity index (χ1v) is 10.4. The van der Waals surface area contributed by atoms with Crippen LogP contribution < -0.4 is 4.72 Å². The molecular formula is C16H14BrCl2N3O2S. The van der Waals surface area contributed by atoms with Crippen LogP contribution in [0.4, 0.5) is 0 Å². The average Bonchev–Trinajstić information content (AvgIpc) is 2.89. The molecule has 0 saturated carbocycles. The third-order valence-corrected chi connectivity index (χ3v) is 6.48. The van der Waals surface area contributed by atoms with Gasteiger partial charge in [0, 0.05) is 11.0 Å². The normalized spacial score (nSPS) is 12.0. The van der Waals surface area contributed by atoms with Crippen LogP contribution >= 0.6 is 39.1 Å². The number of imidazole rings is 1. The van der Waals surface area contributed by atoms with Gasteiger partial charge in [-0.05, 0) is 31.2 Å². The Morgan fingerprint density at radius 2 is 1.84 bits per heavy atom. The zero-order chi connectivity index (χ0) is 18.2. The molecule has 1 aromatic heterocycles. The number of para-hydroxylation sites is 2. The summed E-state index contributed by atoms with van der Waals surface area (Å²) in [5.74, 6) is 0.622. The summed E-state index contributed by atoms with van der Waals surface area (Å²) in [6.45, 7) is 2.69. The van der Waals surface area contributed by atoms with E-state index in [0.29, 0.717) is 16.8 Å². The number of halogens is 3. The fraction of sp³-hybridized carbons (Fsp3) is 0.188. The van der Waals surface area contributed by atoms with Crippen LogP contribution in [0.25, 0.3) is 11.0 Å². The van der Waals surface area contributed by atoms with E-state index in [0.717, 1.165) is 11.0 Å². The van der Waals surface area contributed by atoms with Crippen LogP contribution in [0.15, 0.2) is 45.8 Å². The highest BCUT2D eigenvalue weighted by atomic mass is 79.9. The molecule has 132 valence electrons. The molecule has 0 amide bonds. The van der Waals surface area contributed by atoms with Crippen molar-refractivity contribution in [2.45, 2.75) is 24.9 Å². The van der Waals surface area contributed by atoms with E-state index < -0.39 is 10.0 Å². The van der Waals surface area contributed by atoms with E-state index in [9.17, 15) is 8.42 Å². The summed E-state index contributed by atoms with van der Waals surface area (Å²) in [7, 11) is -3.89. The number of benzene rings is 2. The van der Waals surface area contributed by atoms with Gasteiger partial charge in [-0.15, -0.1) is 0 Å². The zero-order valence-electron chi connectivity index (χ0n) is 13.1. The van der Waals surface area contributed by atoms with Crippen molar-refractivity contribution >= 4 is 60.2 Å². The van der Waals surface area contributed by atoms with Crippen molar-refractivity contribution in [3.05, 3.63) is 56.7 Å². The van der Waals surface area contributed by atoms with Crippen LogP contribution in [0, 0.1) is 0 Å². The Morgan fingerprint density at radius 3 is 2.48 bits per heavy atom. The standard InChI is InChI=1S/C16H14BrCl2N3O2S/c1-2-22-14-6-4-3-5-13(14)21-15(22)9-20-25(23,24)16-11(18)7-10(17)8-12(16)19/h3-8,20H,2,9H2,1H3. The number of fused-ring (bicyclic) bond motifs is 1. The van der Waals surface area contributed by atoms with Gasteiger partial charge in [0.15, 0.2) is 0 Å². The Bertz CT molecular complexity index is 1030. The second-order valence-electron chi connectivity index (χ2n) is 5.28. The lowest BCUT2D eigenvalue weighted by atomic mass is 10.3. The highest BCUT2D eigenvalue weighted by Crippen LogP contribution is 2.32. The lowest BCUT2D eigenvalue weighted by molar-refractivity contribution is 0.576. The van der Waals surface area contributed by atoms with E-state index in [1.165, 1.54) is 12.1 Å². The smallest absolute Gasteiger partial charge is 0.243 e.